The zero-order chi connectivity index (χ0) is 19.9. The van der Waals surface area contributed by atoms with E-state index in [1.165, 1.54) is 7.11 Å². The molecule has 2 heterocycles. The van der Waals surface area contributed by atoms with Crippen molar-refractivity contribution in [1.82, 2.24) is 4.98 Å². The second-order valence-electron chi connectivity index (χ2n) is 6.46. The summed E-state index contributed by atoms with van der Waals surface area (Å²) in [5.41, 5.74) is 8.53. The van der Waals surface area contributed by atoms with Gasteiger partial charge in [0, 0.05) is 11.1 Å². The molecule has 27 heavy (non-hydrogen) atoms. The highest BCUT2D eigenvalue weighted by Gasteiger charge is 2.37. The first-order valence-electron chi connectivity index (χ1n) is 8.29. The summed E-state index contributed by atoms with van der Waals surface area (Å²) in [6, 6.07) is 7.47. The van der Waals surface area contributed by atoms with Gasteiger partial charge in [0.1, 0.15) is 17.4 Å². The highest BCUT2D eigenvalue weighted by Crippen LogP contribution is 2.38. The fourth-order valence-electron chi connectivity index (χ4n) is 3.28. The van der Waals surface area contributed by atoms with Crippen molar-refractivity contribution in [3.05, 3.63) is 68.0 Å². The number of benzene rings is 1. The van der Waals surface area contributed by atoms with Gasteiger partial charge in [0.15, 0.2) is 0 Å². The lowest BCUT2D eigenvalue weighted by molar-refractivity contribution is -0.136. The number of carbonyl (C=O) groups is 1. The van der Waals surface area contributed by atoms with Gasteiger partial charge in [-0.15, -0.1) is 0 Å². The first kappa shape index (κ1) is 18.3. The first-order chi connectivity index (χ1) is 12.8. The van der Waals surface area contributed by atoms with E-state index >= 15 is 0 Å². The third-order valence-corrected chi connectivity index (χ3v) is 4.81. The minimum atomic E-state index is -0.967. The fraction of sp³-hybridized carbons (Fsp3) is 0.250. The molecule has 1 aliphatic heterocycles. The molecular weight excluding hydrogens is 346 g/mol. The van der Waals surface area contributed by atoms with Gasteiger partial charge in [-0.25, -0.2) is 4.79 Å². The summed E-state index contributed by atoms with van der Waals surface area (Å²) in [6.07, 6.45) is 0. The second kappa shape index (κ2) is 6.65. The molecule has 1 aromatic heterocycles. The molecule has 0 radical (unpaired) electrons. The molecule has 0 amide bonds. The second-order valence-corrected chi connectivity index (χ2v) is 6.46. The largest absolute Gasteiger partial charge is 0.466 e. The van der Waals surface area contributed by atoms with Gasteiger partial charge in [-0.3, -0.25) is 4.79 Å². The predicted molar refractivity (Wildman–Crippen MR) is 99.4 cm³/mol. The maximum Gasteiger partial charge on any atom is 0.338 e. The van der Waals surface area contributed by atoms with Crippen LogP contribution in [0.5, 0.6) is 0 Å². The summed E-state index contributed by atoms with van der Waals surface area (Å²) in [7, 11) is 1.23. The lowest BCUT2D eigenvalue weighted by Gasteiger charge is -2.26. The number of fused-ring (bicyclic) bond motifs is 1. The number of hydrogen-bond acceptors (Lipinski definition) is 6. The Bertz CT molecular complexity index is 1130. The van der Waals surface area contributed by atoms with Crippen LogP contribution in [0.3, 0.4) is 0 Å². The molecule has 138 valence electrons. The van der Waals surface area contributed by atoms with Crippen LogP contribution in [0.4, 0.5) is 0 Å². The van der Waals surface area contributed by atoms with Gasteiger partial charge >= 0.3 is 5.97 Å². The Labute approximate surface area is 155 Å². The zero-order valence-electron chi connectivity index (χ0n) is 15.5. The number of nitrogens with zero attached hydrogens (tertiary/aromatic N) is 1. The van der Waals surface area contributed by atoms with E-state index in [4.69, 9.17) is 15.2 Å². The molecule has 3 rings (SSSR count). The van der Waals surface area contributed by atoms with Crippen molar-refractivity contribution in [2.45, 2.75) is 26.7 Å². The molecule has 0 aliphatic carbocycles. The van der Waals surface area contributed by atoms with Crippen molar-refractivity contribution in [2.75, 3.05) is 7.11 Å². The molecule has 0 unspecified atom stereocenters. The van der Waals surface area contributed by atoms with E-state index in [0.717, 1.165) is 16.5 Å². The van der Waals surface area contributed by atoms with Gasteiger partial charge in [-0.2, -0.15) is 5.26 Å². The number of carbonyl (C=O) groups excluding carboxylic acids is 1. The molecule has 3 N–H and O–H groups in total. The number of nitriles is 1. The van der Waals surface area contributed by atoms with Gasteiger partial charge in [-0.05, 0) is 55.5 Å². The Morgan fingerprint density at radius 2 is 1.93 bits per heavy atom. The van der Waals surface area contributed by atoms with E-state index in [9.17, 15) is 14.9 Å². The number of pyridine rings is 1. The molecule has 7 nitrogen and oxygen atoms in total. The number of hydrogen-bond donors (Lipinski definition) is 2. The summed E-state index contributed by atoms with van der Waals surface area (Å²) in [5, 5.41) is 10.4. The number of aryl methyl sites for hydroxylation is 2. The van der Waals surface area contributed by atoms with Gasteiger partial charge < -0.3 is 20.2 Å². The van der Waals surface area contributed by atoms with Crippen LogP contribution in [0, 0.1) is 25.2 Å². The van der Waals surface area contributed by atoms with Crippen LogP contribution in [0.2, 0.25) is 0 Å². The Kier molecular flexibility index (Phi) is 4.50. The van der Waals surface area contributed by atoms with Crippen molar-refractivity contribution in [1.29, 1.82) is 5.26 Å². The van der Waals surface area contributed by atoms with Gasteiger partial charge in [0.05, 0.1) is 18.6 Å². The monoisotopic (exact) mass is 365 g/mol. The number of ether oxygens (including phenoxy) is 2. The van der Waals surface area contributed by atoms with Crippen LogP contribution in [0.1, 0.15) is 29.5 Å². The quantitative estimate of drug-likeness (QED) is 0.789. The maximum atomic E-state index is 12.8. The van der Waals surface area contributed by atoms with Crippen molar-refractivity contribution in [2.24, 2.45) is 5.73 Å². The number of H-pyrrole nitrogens is 1. The number of aromatic amines is 1. The Hall–Kier alpha value is -3.53. The summed E-state index contributed by atoms with van der Waals surface area (Å²) in [4.78, 5) is 28.0. The van der Waals surface area contributed by atoms with E-state index in [1.54, 1.807) is 13.0 Å². The van der Waals surface area contributed by atoms with Crippen molar-refractivity contribution in [3.63, 3.8) is 0 Å². The predicted octanol–water partition coefficient (Wildman–Crippen LogP) is 2.40. The summed E-state index contributed by atoms with van der Waals surface area (Å²) >= 11 is 0. The standard InChI is InChI=1S/C20H19N3O4/c1-9-5-12-7-13(19(24)23-15(12)6-10(9)2)17-14(8-21)18(22)27-11(3)16(17)20(25)26-4/h5-7,17H,22H2,1-4H3,(H,23,24)/t17-/m1/s1. The van der Waals surface area contributed by atoms with E-state index in [2.05, 4.69) is 4.98 Å². The van der Waals surface area contributed by atoms with Crippen LogP contribution in [0.15, 0.2) is 45.8 Å². The molecule has 0 spiro atoms. The lowest BCUT2D eigenvalue weighted by Crippen LogP contribution is -2.28. The number of rotatable bonds is 2. The van der Waals surface area contributed by atoms with Crippen molar-refractivity contribution < 1.29 is 14.3 Å². The van der Waals surface area contributed by atoms with Crippen molar-refractivity contribution >= 4 is 16.9 Å². The highest BCUT2D eigenvalue weighted by molar-refractivity contribution is 5.93. The first-order valence-corrected chi connectivity index (χ1v) is 8.29. The molecule has 0 saturated heterocycles. The van der Waals surface area contributed by atoms with Crippen molar-refractivity contribution in [3.8, 4) is 6.07 Å². The van der Waals surface area contributed by atoms with E-state index in [0.29, 0.717) is 5.52 Å². The molecule has 0 saturated carbocycles. The fourth-order valence-corrected chi connectivity index (χ4v) is 3.28. The Morgan fingerprint density at radius 1 is 1.26 bits per heavy atom. The topological polar surface area (TPSA) is 118 Å². The van der Waals surface area contributed by atoms with Crippen LogP contribution in [0.25, 0.3) is 10.9 Å². The normalized spacial score (nSPS) is 16.9. The minimum Gasteiger partial charge on any atom is -0.466 e. The number of nitrogens with one attached hydrogen (secondary N) is 1. The molecule has 1 aromatic carbocycles. The molecule has 2 aromatic rings. The number of aromatic nitrogens is 1. The number of nitrogens with two attached hydrogens (primary N) is 1. The maximum absolute atomic E-state index is 12.8. The molecule has 0 fully saturated rings. The summed E-state index contributed by atoms with van der Waals surface area (Å²) in [6.45, 7) is 5.47. The van der Waals surface area contributed by atoms with Crippen LogP contribution in [-0.2, 0) is 14.3 Å². The third kappa shape index (κ3) is 2.95. The number of methoxy groups -OCH3 is 1. The van der Waals surface area contributed by atoms with Crippen LogP contribution < -0.4 is 11.3 Å². The SMILES string of the molecule is COC(=O)C1=C(C)OC(N)=C(C#N)[C@H]1c1cc2cc(C)c(C)cc2[nH]c1=O. The zero-order valence-corrected chi connectivity index (χ0v) is 15.5. The van der Waals surface area contributed by atoms with Gasteiger partial charge in [0.2, 0.25) is 5.88 Å². The summed E-state index contributed by atoms with van der Waals surface area (Å²) < 4.78 is 10.2. The minimum absolute atomic E-state index is 0.00492. The average Bonchev–Trinajstić information content (AvgIpc) is 2.61. The molecule has 7 heteroatoms. The van der Waals surface area contributed by atoms with E-state index in [-0.39, 0.29) is 28.4 Å². The Balaban J connectivity index is 2.33. The van der Waals surface area contributed by atoms with E-state index < -0.39 is 17.4 Å². The molecule has 1 aliphatic rings. The Morgan fingerprint density at radius 3 is 2.56 bits per heavy atom. The molecular formula is C20H19N3O4. The molecule has 1 atom stereocenters. The smallest absolute Gasteiger partial charge is 0.338 e. The lowest BCUT2D eigenvalue weighted by atomic mass is 9.83. The van der Waals surface area contributed by atoms with E-state index in [1.807, 2.05) is 32.0 Å². The van der Waals surface area contributed by atoms with Crippen LogP contribution >= 0.6 is 0 Å². The highest BCUT2D eigenvalue weighted by atomic mass is 16.5. The van der Waals surface area contributed by atoms with Gasteiger partial charge in [-0.1, -0.05) is 0 Å². The van der Waals surface area contributed by atoms with Gasteiger partial charge in [0.25, 0.3) is 5.56 Å². The third-order valence-electron chi connectivity index (χ3n) is 4.81. The molecule has 0 bridgehead atoms. The average molecular weight is 365 g/mol. The summed E-state index contributed by atoms with van der Waals surface area (Å²) in [5.74, 6) is -1.58. The number of esters is 1. The van der Waals surface area contributed by atoms with Crippen LogP contribution in [-0.4, -0.2) is 18.1 Å². The number of allylic oxidation sites excluding steroid dienone is 2.